The lowest BCUT2D eigenvalue weighted by Gasteiger charge is -2.06. The van der Waals surface area contributed by atoms with Gasteiger partial charge in [-0.15, -0.1) is 11.3 Å². The van der Waals surface area contributed by atoms with Crippen LogP contribution in [-0.2, 0) is 4.79 Å². The lowest BCUT2D eigenvalue weighted by atomic mass is 10.3. The zero-order valence-corrected chi connectivity index (χ0v) is 11.7. The number of halogens is 1. The van der Waals surface area contributed by atoms with E-state index in [1.54, 1.807) is 24.3 Å². The first-order chi connectivity index (χ1) is 9.54. The van der Waals surface area contributed by atoms with Gasteiger partial charge in [-0.05, 0) is 18.2 Å². The van der Waals surface area contributed by atoms with E-state index in [2.05, 4.69) is 5.32 Å². The number of anilines is 1. The van der Waals surface area contributed by atoms with Gasteiger partial charge < -0.3 is 15.2 Å². The number of benzene rings is 1. The molecule has 1 aromatic heterocycles. The quantitative estimate of drug-likeness (QED) is 0.889. The maximum Gasteiger partial charge on any atom is 0.346 e. The summed E-state index contributed by atoms with van der Waals surface area (Å²) in [5.41, 5.74) is 0.572. The van der Waals surface area contributed by atoms with E-state index in [4.69, 9.17) is 21.4 Å². The Morgan fingerprint density at radius 2 is 2.15 bits per heavy atom. The van der Waals surface area contributed by atoms with Gasteiger partial charge in [0.25, 0.3) is 5.91 Å². The Hall–Kier alpha value is -2.05. The van der Waals surface area contributed by atoms with E-state index in [1.807, 2.05) is 0 Å². The van der Waals surface area contributed by atoms with Crippen molar-refractivity contribution in [1.82, 2.24) is 0 Å². The highest BCUT2D eigenvalue weighted by molar-refractivity contribution is 7.12. The number of nitrogens with one attached hydrogen (secondary N) is 1. The average Bonchev–Trinajstić information content (AvgIpc) is 2.85. The number of thiophene rings is 1. The van der Waals surface area contributed by atoms with E-state index in [1.165, 1.54) is 11.4 Å². The fourth-order valence-electron chi connectivity index (χ4n) is 1.42. The van der Waals surface area contributed by atoms with E-state index in [-0.39, 0.29) is 17.4 Å². The highest BCUT2D eigenvalue weighted by Crippen LogP contribution is 2.21. The molecular weight excluding hydrogens is 302 g/mol. The molecule has 0 saturated carbocycles. The molecule has 2 aromatic rings. The van der Waals surface area contributed by atoms with Crippen LogP contribution >= 0.6 is 22.9 Å². The van der Waals surface area contributed by atoms with Gasteiger partial charge in [-0.2, -0.15) is 0 Å². The Morgan fingerprint density at radius 1 is 1.35 bits per heavy atom. The molecule has 20 heavy (non-hydrogen) atoms. The van der Waals surface area contributed by atoms with E-state index in [0.717, 1.165) is 11.3 Å². The summed E-state index contributed by atoms with van der Waals surface area (Å²) in [5.74, 6) is -1.02. The van der Waals surface area contributed by atoms with E-state index >= 15 is 0 Å². The number of amides is 1. The summed E-state index contributed by atoms with van der Waals surface area (Å²) in [7, 11) is 0. The van der Waals surface area contributed by atoms with Crippen LogP contribution in [0.1, 0.15) is 9.67 Å². The molecule has 0 unspecified atom stereocenters. The third-order valence-electron chi connectivity index (χ3n) is 2.26. The predicted octanol–water partition coefficient (Wildman–Crippen LogP) is 3.12. The van der Waals surface area contributed by atoms with E-state index in [9.17, 15) is 9.59 Å². The standard InChI is InChI=1S/C13H10ClNO4S/c14-8-2-1-3-9(4-8)15-12(16)6-19-10-5-11(13(17)18)20-7-10/h1-5,7H,6H2,(H,15,16)(H,17,18). The van der Waals surface area contributed by atoms with Gasteiger partial charge in [-0.3, -0.25) is 4.79 Å². The SMILES string of the molecule is O=C(COc1csc(C(=O)O)c1)Nc1cccc(Cl)c1. The molecule has 0 atom stereocenters. The number of rotatable bonds is 5. The average molecular weight is 312 g/mol. The smallest absolute Gasteiger partial charge is 0.346 e. The second-order valence-corrected chi connectivity index (χ2v) is 5.15. The Labute approximate surface area is 123 Å². The van der Waals surface area contributed by atoms with Crippen molar-refractivity contribution in [2.75, 3.05) is 11.9 Å². The summed E-state index contributed by atoms with van der Waals surface area (Å²) in [6, 6.07) is 8.12. The number of carboxylic acids is 1. The molecule has 2 N–H and O–H groups in total. The number of carbonyl (C=O) groups excluding carboxylic acids is 1. The minimum Gasteiger partial charge on any atom is -0.483 e. The van der Waals surface area contributed by atoms with Crippen LogP contribution < -0.4 is 10.1 Å². The maximum atomic E-state index is 11.6. The minimum absolute atomic E-state index is 0.162. The lowest BCUT2D eigenvalue weighted by Crippen LogP contribution is -2.19. The second kappa shape index (κ2) is 6.40. The fourth-order valence-corrected chi connectivity index (χ4v) is 2.27. The Morgan fingerprint density at radius 3 is 2.80 bits per heavy atom. The van der Waals surface area contributed by atoms with Gasteiger partial charge >= 0.3 is 5.97 Å². The van der Waals surface area contributed by atoms with E-state index in [0.29, 0.717) is 16.5 Å². The van der Waals surface area contributed by atoms with Crippen molar-refractivity contribution in [3.8, 4) is 5.75 Å². The van der Waals surface area contributed by atoms with E-state index < -0.39 is 5.97 Å². The summed E-state index contributed by atoms with van der Waals surface area (Å²) in [4.78, 5) is 22.5. The normalized spacial score (nSPS) is 10.1. The van der Waals surface area contributed by atoms with Crippen molar-refractivity contribution in [3.05, 3.63) is 45.6 Å². The summed E-state index contributed by atoms with van der Waals surface area (Å²) in [6.45, 7) is -0.206. The first-order valence-electron chi connectivity index (χ1n) is 5.54. The second-order valence-electron chi connectivity index (χ2n) is 3.80. The van der Waals surface area contributed by atoms with Crippen LogP contribution in [-0.4, -0.2) is 23.6 Å². The first kappa shape index (κ1) is 14.4. The molecule has 1 aromatic carbocycles. The van der Waals surface area contributed by atoms with Gasteiger partial charge in [-0.25, -0.2) is 4.79 Å². The molecule has 0 radical (unpaired) electrons. The van der Waals surface area contributed by atoms with Crippen LogP contribution in [0.3, 0.4) is 0 Å². The van der Waals surface area contributed by atoms with Crippen LogP contribution in [0.15, 0.2) is 35.7 Å². The molecular formula is C13H10ClNO4S. The van der Waals surface area contributed by atoms with Crippen LogP contribution in [0.2, 0.25) is 5.02 Å². The van der Waals surface area contributed by atoms with Crippen LogP contribution in [0.5, 0.6) is 5.75 Å². The lowest BCUT2D eigenvalue weighted by molar-refractivity contribution is -0.118. The van der Waals surface area contributed by atoms with Crippen molar-refractivity contribution in [1.29, 1.82) is 0 Å². The maximum absolute atomic E-state index is 11.6. The third-order valence-corrected chi connectivity index (χ3v) is 3.40. The van der Waals surface area contributed by atoms with Gasteiger partial charge in [-0.1, -0.05) is 17.7 Å². The van der Waals surface area contributed by atoms with Crippen molar-refractivity contribution < 1.29 is 19.4 Å². The fraction of sp³-hybridized carbons (Fsp3) is 0.0769. The highest BCUT2D eigenvalue weighted by atomic mass is 35.5. The molecule has 104 valence electrons. The molecule has 0 fully saturated rings. The molecule has 0 saturated heterocycles. The topological polar surface area (TPSA) is 75.6 Å². The van der Waals surface area contributed by atoms with Crippen LogP contribution in [0, 0.1) is 0 Å². The number of hydrogen-bond acceptors (Lipinski definition) is 4. The zero-order valence-electron chi connectivity index (χ0n) is 10.1. The molecule has 0 bridgehead atoms. The summed E-state index contributed by atoms with van der Waals surface area (Å²) in [5, 5.41) is 13.4. The molecule has 0 aliphatic carbocycles. The molecule has 5 nitrogen and oxygen atoms in total. The number of aromatic carboxylic acids is 1. The Bertz CT molecular complexity index is 641. The zero-order chi connectivity index (χ0) is 14.5. The molecule has 0 aliphatic heterocycles. The van der Waals surface area contributed by atoms with Gasteiger partial charge in [0.15, 0.2) is 6.61 Å². The first-order valence-corrected chi connectivity index (χ1v) is 6.80. The molecule has 0 aliphatic rings. The molecule has 7 heteroatoms. The summed E-state index contributed by atoms with van der Waals surface area (Å²) >= 11 is 6.84. The van der Waals surface area contributed by atoms with Crippen molar-refractivity contribution in [3.63, 3.8) is 0 Å². The molecule has 2 rings (SSSR count). The minimum atomic E-state index is -1.02. The van der Waals surface area contributed by atoms with Gasteiger partial charge in [0.2, 0.25) is 0 Å². The summed E-state index contributed by atoms with van der Waals surface area (Å²) in [6.07, 6.45) is 0. The highest BCUT2D eigenvalue weighted by Gasteiger charge is 2.09. The third kappa shape index (κ3) is 3.97. The summed E-state index contributed by atoms with van der Waals surface area (Å²) < 4.78 is 5.20. The van der Waals surface area contributed by atoms with Gasteiger partial charge in [0.05, 0.1) is 0 Å². The number of hydrogen-bond donors (Lipinski definition) is 2. The molecule has 0 spiro atoms. The Kier molecular flexibility index (Phi) is 4.60. The van der Waals surface area contributed by atoms with Crippen LogP contribution in [0.25, 0.3) is 0 Å². The van der Waals surface area contributed by atoms with Gasteiger partial charge in [0.1, 0.15) is 10.6 Å². The van der Waals surface area contributed by atoms with Crippen LogP contribution in [0.4, 0.5) is 5.69 Å². The van der Waals surface area contributed by atoms with Crippen molar-refractivity contribution in [2.24, 2.45) is 0 Å². The molecule has 1 heterocycles. The predicted molar refractivity (Wildman–Crippen MR) is 76.9 cm³/mol. The number of carboxylic acid groups (broad SMARTS) is 1. The van der Waals surface area contributed by atoms with Crippen molar-refractivity contribution in [2.45, 2.75) is 0 Å². The molecule has 1 amide bonds. The monoisotopic (exact) mass is 311 g/mol. The van der Waals surface area contributed by atoms with Gasteiger partial charge in [0, 0.05) is 22.2 Å². The number of ether oxygens (including phenoxy) is 1. The Balaban J connectivity index is 1.87. The van der Waals surface area contributed by atoms with Crippen molar-refractivity contribution >= 4 is 40.5 Å². The number of carbonyl (C=O) groups is 2. The largest absolute Gasteiger partial charge is 0.483 e.